The normalized spacial score (nSPS) is 19.1. The molecule has 1 heterocycles. The quantitative estimate of drug-likeness (QED) is 0.886. The lowest BCUT2D eigenvalue weighted by molar-refractivity contribution is 0.199. The predicted octanol–water partition coefficient (Wildman–Crippen LogP) is 1.58. The highest BCUT2D eigenvalue weighted by atomic mass is 79.9. The van der Waals surface area contributed by atoms with Crippen LogP contribution in [0.4, 0.5) is 5.69 Å². The Bertz CT molecular complexity index is 581. The molecular weight excluding hydrogens is 344 g/mol. The summed E-state index contributed by atoms with van der Waals surface area (Å²) in [6.45, 7) is 3.96. The predicted molar refractivity (Wildman–Crippen MR) is 83.4 cm³/mol. The van der Waals surface area contributed by atoms with Gasteiger partial charge in [-0.3, -0.25) is 0 Å². The molecule has 0 amide bonds. The van der Waals surface area contributed by atoms with E-state index in [1.165, 1.54) is 10.6 Å². The SMILES string of the molecule is CC(O)c1cc(Br)ccc1N1CCN(S(C)(=O)=O)CC1. The second kappa shape index (κ2) is 6.01. The van der Waals surface area contributed by atoms with E-state index in [-0.39, 0.29) is 0 Å². The number of hydrogen-bond acceptors (Lipinski definition) is 4. The largest absolute Gasteiger partial charge is 0.389 e. The van der Waals surface area contributed by atoms with Crippen LogP contribution in [0.5, 0.6) is 0 Å². The van der Waals surface area contributed by atoms with Gasteiger partial charge in [0.05, 0.1) is 12.4 Å². The Balaban J connectivity index is 2.19. The van der Waals surface area contributed by atoms with Gasteiger partial charge < -0.3 is 10.0 Å². The Kier molecular flexibility index (Phi) is 4.73. The lowest BCUT2D eigenvalue weighted by Crippen LogP contribution is -2.48. The van der Waals surface area contributed by atoms with Gasteiger partial charge in [0.15, 0.2) is 0 Å². The van der Waals surface area contributed by atoms with E-state index in [2.05, 4.69) is 20.8 Å². The summed E-state index contributed by atoms with van der Waals surface area (Å²) in [5.74, 6) is 0. The van der Waals surface area contributed by atoms with E-state index in [0.717, 1.165) is 15.7 Å². The summed E-state index contributed by atoms with van der Waals surface area (Å²) in [7, 11) is -3.11. The van der Waals surface area contributed by atoms with E-state index in [1.54, 1.807) is 6.92 Å². The molecule has 2 rings (SSSR count). The van der Waals surface area contributed by atoms with Gasteiger partial charge in [-0.05, 0) is 25.1 Å². The van der Waals surface area contributed by atoms with Crippen LogP contribution < -0.4 is 4.90 Å². The average Bonchev–Trinajstić information content (AvgIpc) is 2.37. The Hall–Kier alpha value is -0.630. The number of aliphatic hydroxyl groups is 1. The Morgan fingerprint density at radius 2 is 1.85 bits per heavy atom. The first-order chi connectivity index (χ1) is 9.29. The van der Waals surface area contributed by atoms with Crippen LogP contribution in [-0.4, -0.2) is 50.3 Å². The maximum Gasteiger partial charge on any atom is 0.211 e. The molecule has 0 bridgehead atoms. The maximum absolute atomic E-state index is 11.5. The molecule has 1 aliphatic heterocycles. The summed E-state index contributed by atoms with van der Waals surface area (Å²) < 4.78 is 25.4. The number of hydrogen-bond donors (Lipinski definition) is 1. The molecule has 1 aromatic rings. The minimum Gasteiger partial charge on any atom is -0.389 e. The van der Waals surface area contributed by atoms with Crippen LogP contribution in [-0.2, 0) is 10.0 Å². The van der Waals surface area contributed by atoms with Gasteiger partial charge in [0.25, 0.3) is 0 Å². The highest BCUT2D eigenvalue weighted by molar-refractivity contribution is 9.10. The van der Waals surface area contributed by atoms with Crippen molar-refractivity contribution in [2.24, 2.45) is 0 Å². The molecule has 1 saturated heterocycles. The minimum absolute atomic E-state index is 0.480. The average molecular weight is 363 g/mol. The number of piperazine rings is 1. The molecule has 1 unspecified atom stereocenters. The standard InChI is InChI=1S/C13H19BrN2O3S/c1-10(17)12-9-11(14)3-4-13(12)15-5-7-16(8-6-15)20(2,18)19/h3-4,9-10,17H,5-8H2,1-2H3. The first-order valence-corrected chi connectivity index (χ1v) is 9.11. The van der Waals surface area contributed by atoms with Crippen LogP contribution in [0.1, 0.15) is 18.6 Å². The molecule has 5 nitrogen and oxygen atoms in total. The van der Waals surface area contributed by atoms with Crippen molar-refractivity contribution >= 4 is 31.6 Å². The summed E-state index contributed by atoms with van der Waals surface area (Å²) in [5, 5.41) is 9.89. The zero-order chi connectivity index (χ0) is 14.9. The van der Waals surface area contributed by atoms with Crippen molar-refractivity contribution in [1.29, 1.82) is 0 Å². The molecule has 112 valence electrons. The highest BCUT2D eigenvalue weighted by Gasteiger charge is 2.25. The molecule has 0 aromatic heterocycles. The van der Waals surface area contributed by atoms with Gasteiger partial charge in [-0.15, -0.1) is 0 Å². The number of aliphatic hydroxyl groups excluding tert-OH is 1. The number of sulfonamides is 1. The number of nitrogens with zero attached hydrogens (tertiary/aromatic N) is 2. The third kappa shape index (κ3) is 3.52. The lowest BCUT2D eigenvalue weighted by Gasteiger charge is -2.36. The number of benzene rings is 1. The van der Waals surface area contributed by atoms with Crippen LogP contribution >= 0.6 is 15.9 Å². The molecule has 0 spiro atoms. The van der Waals surface area contributed by atoms with Crippen molar-refractivity contribution in [3.05, 3.63) is 28.2 Å². The molecule has 1 N–H and O–H groups in total. The van der Waals surface area contributed by atoms with Gasteiger partial charge in [-0.1, -0.05) is 15.9 Å². The monoisotopic (exact) mass is 362 g/mol. The third-order valence-corrected chi connectivity index (χ3v) is 5.28. The maximum atomic E-state index is 11.5. The fraction of sp³-hybridized carbons (Fsp3) is 0.538. The molecule has 1 atom stereocenters. The number of anilines is 1. The first kappa shape index (κ1) is 15.8. The van der Waals surface area contributed by atoms with Gasteiger partial charge in [0.1, 0.15) is 0 Å². The van der Waals surface area contributed by atoms with Gasteiger partial charge >= 0.3 is 0 Å². The minimum atomic E-state index is -3.11. The third-order valence-electron chi connectivity index (χ3n) is 3.49. The van der Waals surface area contributed by atoms with E-state index in [0.29, 0.717) is 26.2 Å². The van der Waals surface area contributed by atoms with Crippen LogP contribution in [0.2, 0.25) is 0 Å². The fourth-order valence-corrected chi connectivity index (χ4v) is 3.61. The molecule has 1 fully saturated rings. The molecule has 7 heteroatoms. The first-order valence-electron chi connectivity index (χ1n) is 6.46. The second-order valence-electron chi connectivity index (χ2n) is 5.03. The smallest absolute Gasteiger partial charge is 0.211 e. The Labute approximate surface area is 128 Å². The molecule has 0 aliphatic carbocycles. The van der Waals surface area contributed by atoms with Gasteiger partial charge in [0.2, 0.25) is 10.0 Å². The number of rotatable bonds is 3. The Morgan fingerprint density at radius 3 is 2.35 bits per heavy atom. The molecule has 20 heavy (non-hydrogen) atoms. The van der Waals surface area contributed by atoms with Crippen molar-refractivity contribution in [2.45, 2.75) is 13.0 Å². The summed E-state index contributed by atoms with van der Waals surface area (Å²) in [4.78, 5) is 2.12. The van der Waals surface area contributed by atoms with E-state index >= 15 is 0 Å². The second-order valence-corrected chi connectivity index (χ2v) is 7.93. The van der Waals surface area contributed by atoms with Crippen molar-refractivity contribution in [2.75, 3.05) is 37.3 Å². The molecule has 0 radical (unpaired) electrons. The van der Waals surface area contributed by atoms with E-state index in [4.69, 9.17) is 0 Å². The van der Waals surface area contributed by atoms with Gasteiger partial charge in [-0.2, -0.15) is 4.31 Å². The van der Waals surface area contributed by atoms with Gasteiger partial charge in [-0.25, -0.2) is 8.42 Å². The topological polar surface area (TPSA) is 60.9 Å². The summed E-state index contributed by atoms with van der Waals surface area (Å²) in [6, 6.07) is 5.80. The van der Waals surface area contributed by atoms with Crippen LogP contribution in [0.3, 0.4) is 0 Å². The van der Waals surface area contributed by atoms with Crippen molar-refractivity contribution < 1.29 is 13.5 Å². The Morgan fingerprint density at radius 1 is 1.25 bits per heavy atom. The fourth-order valence-electron chi connectivity index (χ4n) is 2.41. The van der Waals surface area contributed by atoms with Crippen molar-refractivity contribution in [3.63, 3.8) is 0 Å². The summed E-state index contributed by atoms with van der Waals surface area (Å²) in [6.07, 6.45) is 0.680. The van der Waals surface area contributed by atoms with Gasteiger partial charge in [0, 0.05) is 41.9 Å². The molecular formula is C13H19BrN2O3S. The summed E-state index contributed by atoms with van der Waals surface area (Å²) in [5.41, 5.74) is 1.82. The molecule has 1 aliphatic rings. The van der Waals surface area contributed by atoms with Crippen LogP contribution in [0, 0.1) is 0 Å². The molecule has 1 aromatic carbocycles. The van der Waals surface area contributed by atoms with Crippen LogP contribution in [0.25, 0.3) is 0 Å². The van der Waals surface area contributed by atoms with E-state index in [1.807, 2.05) is 18.2 Å². The van der Waals surface area contributed by atoms with Crippen molar-refractivity contribution in [3.8, 4) is 0 Å². The number of halogens is 1. The highest BCUT2D eigenvalue weighted by Crippen LogP contribution is 2.30. The summed E-state index contributed by atoms with van der Waals surface area (Å²) >= 11 is 3.41. The van der Waals surface area contributed by atoms with Crippen molar-refractivity contribution in [1.82, 2.24) is 4.31 Å². The van der Waals surface area contributed by atoms with E-state index < -0.39 is 16.1 Å². The zero-order valence-electron chi connectivity index (χ0n) is 11.6. The zero-order valence-corrected chi connectivity index (χ0v) is 14.0. The molecule has 0 saturated carbocycles. The van der Waals surface area contributed by atoms with E-state index in [9.17, 15) is 13.5 Å². The van der Waals surface area contributed by atoms with Crippen LogP contribution in [0.15, 0.2) is 22.7 Å². The lowest BCUT2D eigenvalue weighted by atomic mass is 10.1.